The van der Waals surface area contributed by atoms with Crippen molar-refractivity contribution in [3.8, 4) is 0 Å². The van der Waals surface area contributed by atoms with Crippen LogP contribution in [0.25, 0.3) is 0 Å². The summed E-state index contributed by atoms with van der Waals surface area (Å²) in [7, 11) is 0. The molecule has 3 saturated heterocycles. The van der Waals surface area contributed by atoms with Gasteiger partial charge in [0.25, 0.3) is 0 Å². The van der Waals surface area contributed by atoms with E-state index in [2.05, 4.69) is 34.5 Å². The number of rotatable bonds is 8. The van der Waals surface area contributed by atoms with E-state index < -0.39 is 6.10 Å². The van der Waals surface area contributed by atoms with Crippen molar-refractivity contribution in [1.82, 2.24) is 15.1 Å². The van der Waals surface area contributed by atoms with Crippen molar-refractivity contribution in [2.75, 3.05) is 32.8 Å². The van der Waals surface area contributed by atoms with E-state index in [4.69, 9.17) is 4.74 Å². The molecule has 3 unspecified atom stereocenters. The molecule has 0 aromatic heterocycles. The number of aliphatic hydroxyl groups is 1. The Morgan fingerprint density at radius 1 is 1.00 bits per heavy atom. The summed E-state index contributed by atoms with van der Waals surface area (Å²) >= 11 is 0. The zero-order valence-electron chi connectivity index (χ0n) is 24.9. The molecule has 4 aliphatic rings. The van der Waals surface area contributed by atoms with Gasteiger partial charge in [-0.15, -0.1) is 0 Å². The number of ether oxygens (including phenoxy) is 1. The number of amides is 2. The molecular weight excluding hydrogens is 502 g/mol. The van der Waals surface area contributed by atoms with Crippen LogP contribution in [0.1, 0.15) is 77.7 Å². The molecule has 1 aromatic rings. The van der Waals surface area contributed by atoms with Gasteiger partial charge in [0.15, 0.2) is 0 Å². The van der Waals surface area contributed by atoms with Crippen LogP contribution in [-0.4, -0.2) is 83.3 Å². The maximum atomic E-state index is 13.8. The summed E-state index contributed by atoms with van der Waals surface area (Å²) < 4.78 is 5.59. The van der Waals surface area contributed by atoms with Gasteiger partial charge in [-0.1, -0.05) is 49.6 Å². The first kappa shape index (κ1) is 29.5. The van der Waals surface area contributed by atoms with E-state index in [1.54, 1.807) is 0 Å². The smallest absolute Gasteiger partial charge is 0.237 e. The number of β-amino-alcohol motifs (C(OH)–C–C–N with tert-alkyl or cyclic N) is 1. The van der Waals surface area contributed by atoms with Gasteiger partial charge >= 0.3 is 0 Å². The number of carbonyl (C=O) groups excluding carboxylic acids is 2. The van der Waals surface area contributed by atoms with Crippen LogP contribution in [0.2, 0.25) is 0 Å². The van der Waals surface area contributed by atoms with Crippen molar-refractivity contribution in [2.45, 2.75) is 102 Å². The third-order valence-electron chi connectivity index (χ3n) is 9.87. The Morgan fingerprint density at radius 3 is 2.40 bits per heavy atom. The molecule has 5 rings (SSSR count). The highest BCUT2D eigenvalue weighted by atomic mass is 16.5. The van der Waals surface area contributed by atoms with Crippen molar-refractivity contribution in [3.63, 3.8) is 0 Å². The largest absolute Gasteiger partial charge is 0.390 e. The maximum Gasteiger partial charge on any atom is 0.237 e. The number of piperidine rings is 1. The average molecular weight is 554 g/mol. The number of carbonyl (C=O) groups is 2. The SMILES string of the molecule is CC(C)(C)NC(=O)C1C[C@@H]2CCCC[C@@H]2CN1CC(O)CN1C(=O)C(C2CCOCC2)C[C@@H]1Cc1ccccc1. The molecule has 7 nitrogen and oxygen atoms in total. The summed E-state index contributed by atoms with van der Waals surface area (Å²) in [5.41, 5.74) is 0.932. The van der Waals surface area contributed by atoms with Gasteiger partial charge in [0.2, 0.25) is 11.8 Å². The summed E-state index contributed by atoms with van der Waals surface area (Å²) in [6.45, 7) is 9.15. The van der Waals surface area contributed by atoms with E-state index >= 15 is 0 Å². The maximum absolute atomic E-state index is 13.8. The van der Waals surface area contributed by atoms with Crippen LogP contribution < -0.4 is 5.32 Å². The number of nitrogens with zero attached hydrogens (tertiary/aromatic N) is 2. The summed E-state index contributed by atoms with van der Waals surface area (Å²) in [5.74, 6) is 1.82. The lowest BCUT2D eigenvalue weighted by atomic mass is 9.72. The Balaban J connectivity index is 1.29. The van der Waals surface area contributed by atoms with E-state index in [1.165, 1.54) is 31.2 Å². The Morgan fingerprint density at radius 2 is 1.70 bits per heavy atom. The monoisotopic (exact) mass is 553 g/mol. The first-order valence-electron chi connectivity index (χ1n) is 15.8. The van der Waals surface area contributed by atoms with Crippen LogP contribution in [0.15, 0.2) is 30.3 Å². The van der Waals surface area contributed by atoms with Crippen LogP contribution in [0.5, 0.6) is 0 Å². The van der Waals surface area contributed by atoms with E-state index in [1.807, 2.05) is 31.7 Å². The van der Waals surface area contributed by atoms with Gasteiger partial charge in [0.1, 0.15) is 0 Å². The number of benzene rings is 1. The van der Waals surface area contributed by atoms with Gasteiger partial charge in [-0.3, -0.25) is 14.5 Å². The van der Waals surface area contributed by atoms with Crippen LogP contribution in [0.4, 0.5) is 0 Å². The van der Waals surface area contributed by atoms with Gasteiger partial charge in [-0.05, 0) is 82.6 Å². The first-order valence-corrected chi connectivity index (χ1v) is 15.8. The summed E-state index contributed by atoms with van der Waals surface area (Å²) in [5, 5.41) is 14.7. The number of hydrogen-bond donors (Lipinski definition) is 2. The van der Waals surface area contributed by atoms with Gasteiger partial charge < -0.3 is 20.1 Å². The lowest BCUT2D eigenvalue weighted by Crippen LogP contribution is -2.59. The number of fused-ring (bicyclic) bond motifs is 1. The highest BCUT2D eigenvalue weighted by Gasteiger charge is 2.45. The minimum Gasteiger partial charge on any atom is -0.390 e. The number of aliphatic hydroxyl groups excluding tert-OH is 1. The van der Waals surface area contributed by atoms with Crippen LogP contribution in [0.3, 0.4) is 0 Å². The van der Waals surface area contributed by atoms with Gasteiger partial charge in [0.05, 0.1) is 12.1 Å². The molecule has 222 valence electrons. The van der Waals surface area contributed by atoms with E-state index in [0.717, 1.165) is 51.9 Å². The van der Waals surface area contributed by atoms with Crippen molar-refractivity contribution in [2.24, 2.45) is 23.7 Å². The lowest BCUT2D eigenvalue weighted by Gasteiger charge is -2.46. The Hall–Kier alpha value is -1.96. The molecule has 2 amide bonds. The second-order valence-electron chi connectivity index (χ2n) is 14.0. The topological polar surface area (TPSA) is 82.1 Å². The molecule has 0 radical (unpaired) electrons. The predicted molar refractivity (Wildman–Crippen MR) is 157 cm³/mol. The van der Waals surface area contributed by atoms with Crippen LogP contribution in [-0.2, 0) is 20.7 Å². The molecule has 4 fully saturated rings. The molecule has 0 spiro atoms. The van der Waals surface area contributed by atoms with E-state index in [9.17, 15) is 14.7 Å². The number of hydrogen-bond acceptors (Lipinski definition) is 5. The van der Waals surface area contributed by atoms with Crippen molar-refractivity contribution < 1.29 is 19.4 Å². The second kappa shape index (κ2) is 12.9. The molecule has 7 heteroatoms. The zero-order chi connectivity index (χ0) is 28.3. The molecule has 3 aliphatic heterocycles. The van der Waals surface area contributed by atoms with E-state index in [-0.39, 0.29) is 35.4 Å². The third kappa shape index (κ3) is 7.27. The molecule has 40 heavy (non-hydrogen) atoms. The molecule has 1 aromatic carbocycles. The average Bonchev–Trinajstić information content (AvgIpc) is 3.22. The second-order valence-corrected chi connectivity index (χ2v) is 14.0. The molecule has 1 aliphatic carbocycles. The highest BCUT2D eigenvalue weighted by Crippen LogP contribution is 2.40. The molecular formula is C33H51N3O4. The van der Waals surface area contributed by atoms with Crippen LogP contribution in [0, 0.1) is 23.7 Å². The quantitative estimate of drug-likeness (QED) is 0.508. The summed E-state index contributed by atoms with van der Waals surface area (Å²) in [6, 6.07) is 10.3. The van der Waals surface area contributed by atoms with Crippen LogP contribution >= 0.6 is 0 Å². The van der Waals surface area contributed by atoms with Crippen molar-refractivity contribution in [1.29, 1.82) is 0 Å². The first-order chi connectivity index (χ1) is 19.2. The molecule has 1 saturated carbocycles. The van der Waals surface area contributed by atoms with Gasteiger partial charge in [0, 0.05) is 50.3 Å². The normalized spacial score (nSPS) is 31.1. The Bertz CT molecular complexity index is 989. The van der Waals surface area contributed by atoms with Gasteiger partial charge in [-0.25, -0.2) is 0 Å². The molecule has 0 bridgehead atoms. The molecule has 6 atom stereocenters. The number of likely N-dealkylation sites (tertiary alicyclic amines) is 2. The number of nitrogens with one attached hydrogen (secondary N) is 1. The summed E-state index contributed by atoms with van der Waals surface area (Å²) in [4.78, 5) is 31.5. The van der Waals surface area contributed by atoms with Crippen molar-refractivity contribution >= 4 is 11.8 Å². The predicted octanol–water partition coefficient (Wildman–Crippen LogP) is 4.03. The Labute approximate surface area is 241 Å². The standard InChI is InChI=1S/C33H51N3O4/c1-33(2,3)34-31(38)30-18-25-11-7-8-12-26(25)20-35(30)21-28(37)22-36-27(17-23-9-5-4-6-10-23)19-29(32(36)39)24-13-15-40-16-14-24/h4-6,9-10,24-30,37H,7-8,11-22H2,1-3H3,(H,34,38)/t25-,26+,27-,28?,29?,30?/m0/s1. The third-order valence-corrected chi connectivity index (χ3v) is 9.87. The zero-order valence-corrected chi connectivity index (χ0v) is 24.9. The van der Waals surface area contributed by atoms with Gasteiger partial charge in [-0.2, -0.15) is 0 Å². The van der Waals surface area contributed by atoms with Crippen molar-refractivity contribution in [3.05, 3.63) is 35.9 Å². The lowest BCUT2D eigenvalue weighted by molar-refractivity contribution is -0.137. The molecule has 3 heterocycles. The minimum absolute atomic E-state index is 0.00751. The van der Waals surface area contributed by atoms with E-state index in [0.29, 0.717) is 30.8 Å². The fourth-order valence-electron chi connectivity index (χ4n) is 7.93. The highest BCUT2D eigenvalue weighted by molar-refractivity contribution is 5.83. The summed E-state index contributed by atoms with van der Waals surface area (Å²) in [6.07, 6.45) is 8.62. The Kier molecular flexibility index (Phi) is 9.53. The molecule has 2 N–H and O–H groups in total. The fraction of sp³-hybridized carbons (Fsp3) is 0.758. The fourth-order valence-corrected chi connectivity index (χ4v) is 7.93. The minimum atomic E-state index is -0.694.